The molecule has 4 N–H and O–H groups in total. The summed E-state index contributed by atoms with van der Waals surface area (Å²) in [6, 6.07) is -0.657. The molecule has 298 valence electrons. The highest BCUT2D eigenvalue weighted by atomic mass is 16.3. The number of carbonyl (C=O) groups is 1. The predicted octanol–water partition coefficient (Wildman–Crippen LogP) is 12.8. The zero-order valence-electron chi connectivity index (χ0n) is 33.8. The van der Waals surface area contributed by atoms with Crippen LogP contribution < -0.4 is 5.32 Å². The van der Waals surface area contributed by atoms with E-state index in [0.29, 0.717) is 12.8 Å². The molecule has 1 amide bonds. The number of hydrogen-bond donors (Lipinski definition) is 4. The summed E-state index contributed by atoms with van der Waals surface area (Å²) in [4.78, 5) is 12.5. The average molecular weight is 708 g/mol. The summed E-state index contributed by atoms with van der Waals surface area (Å²) in [5.74, 6) is -0.285. The van der Waals surface area contributed by atoms with Gasteiger partial charge in [-0.15, -0.1) is 0 Å². The fourth-order valence-electron chi connectivity index (χ4n) is 7.11. The van der Waals surface area contributed by atoms with Crippen molar-refractivity contribution in [3.05, 3.63) is 12.2 Å². The number of hydrogen-bond acceptors (Lipinski definition) is 4. The van der Waals surface area contributed by atoms with Crippen molar-refractivity contribution in [1.82, 2.24) is 5.32 Å². The van der Waals surface area contributed by atoms with E-state index in [1.54, 1.807) is 0 Å². The second-order valence-electron chi connectivity index (χ2n) is 15.7. The van der Waals surface area contributed by atoms with Gasteiger partial charge in [0.05, 0.1) is 31.3 Å². The molecule has 0 rings (SSSR count). The van der Waals surface area contributed by atoms with E-state index in [2.05, 4.69) is 31.3 Å². The standard InChI is InChI=1S/C45H89NO4/c1-3-5-7-9-11-13-15-17-19-21-23-24-26-28-30-32-34-36-38-42(48)40-45(50)46-43(41-47)44(49)39-37-35-33-31-29-27-25-22-20-18-16-14-12-10-8-6-4-2/h23-24,42-44,47-49H,3-22,25-41H2,1-2H3,(H,46,50)/b24-23-. The van der Waals surface area contributed by atoms with Crippen molar-refractivity contribution in [2.45, 2.75) is 263 Å². The van der Waals surface area contributed by atoms with Gasteiger partial charge < -0.3 is 20.6 Å². The van der Waals surface area contributed by atoms with Crippen molar-refractivity contribution < 1.29 is 20.1 Å². The fourth-order valence-corrected chi connectivity index (χ4v) is 7.11. The van der Waals surface area contributed by atoms with Crippen molar-refractivity contribution in [2.24, 2.45) is 0 Å². The number of unbranched alkanes of at least 4 members (excludes halogenated alkanes) is 30. The summed E-state index contributed by atoms with van der Waals surface area (Å²) in [6.45, 7) is 4.27. The van der Waals surface area contributed by atoms with Crippen LogP contribution >= 0.6 is 0 Å². The third-order valence-electron chi connectivity index (χ3n) is 10.6. The van der Waals surface area contributed by atoms with E-state index in [1.807, 2.05) is 0 Å². The van der Waals surface area contributed by atoms with E-state index in [4.69, 9.17) is 0 Å². The van der Waals surface area contributed by atoms with Crippen LogP contribution in [0.1, 0.15) is 245 Å². The average Bonchev–Trinajstić information content (AvgIpc) is 3.11. The quantitative estimate of drug-likeness (QED) is 0.0376. The molecule has 0 bridgehead atoms. The third kappa shape index (κ3) is 36.9. The van der Waals surface area contributed by atoms with Crippen LogP contribution in [0.15, 0.2) is 12.2 Å². The lowest BCUT2D eigenvalue weighted by Gasteiger charge is -2.23. The van der Waals surface area contributed by atoms with Gasteiger partial charge in [0.1, 0.15) is 0 Å². The van der Waals surface area contributed by atoms with E-state index < -0.39 is 18.2 Å². The Hall–Kier alpha value is -0.910. The fraction of sp³-hybridized carbons (Fsp3) is 0.933. The van der Waals surface area contributed by atoms with Gasteiger partial charge in [-0.2, -0.15) is 0 Å². The lowest BCUT2D eigenvalue weighted by atomic mass is 10.0. The van der Waals surface area contributed by atoms with Crippen molar-refractivity contribution >= 4 is 5.91 Å². The zero-order chi connectivity index (χ0) is 36.6. The molecule has 0 saturated heterocycles. The third-order valence-corrected chi connectivity index (χ3v) is 10.6. The highest BCUT2D eigenvalue weighted by Gasteiger charge is 2.21. The Bertz CT molecular complexity index is 699. The normalized spacial score (nSPS) is 13.6. The summed E-state index contributed by atoms with van der Waals surface area (Å²) >= 11 is 0. The first kappa shape index (κ1) is 49.1. The monoisotopic (exact) mass is 708 g/mol. The van der Waals surface area contributed by atoms with Crippen LogP contribution in [0.2, 0.25) is 0 Å². The number of aliphatic hydroxyl groups excluding tert-OH is 3. The van der Waals surface area contributed by atoms with Crippen LogP contribution in [0, 0.1) is 0 Å². The van der Waals surface area contributed by atoms with Gasteiger partial charge in [0.25, 0.3) is 0 Å². The van der Waals surface area contributed by atoms with E-state index in [0.717, 1.165) is 32.1 Å². The number of allylic oxidation sites excluding steroid dienone is 2. The second kappa shape index (κ2) is 40.9. The van der Waals surface area contributed by atoms with Crippen LogP contribution in [0.4, 0.5) is 0 Å². The van der Waals surface area contributed by atoms with E-state index in [1.165, 1.54) is 180 Å². The minimum Gasteiger partial charge on any atom is -0.394 e. The summed E-state index contributed by atoms with van der Waals surface area (Å²) in [5.41, 5.74) is 0. The molecule has 0 fully saturated rings. The van der Waals surface area contributed by atoms with Gasteiger partial charge in [0.2, 0.25) is 5.91 Å². The molecule has 0 aliphatic carbocycles. The van der Waals surface area contributed by atoms with E-state index in [9.17, 15) is 20.1 Å². The summed E-state index contributed by atoms with van der Waals surface area (Å²) < 4.78 is 0. The van der Waals surface area contributed by atoms with Crippen LogP contribution in [-0.2, 0) is 4.79 Å². The van der Waals surface area contributed by atoms with Crippen LogP contribution in [-0.4, -0.2) is 46.1 Å². The van der Waals surface area contributed by atoms with E-state index in [-0.39, 0.29) is 18.9 Å². The first-order valence-electron chi connectivity index (χ1n) is 22.5. The minimum absolute atomic E-state index is 0.0338. The maximum atomic E-state index is 12.5. The molecule has 0 aliphatic heterocycles. The van der Waals surface area contributed by atoms with Gasteiger partial charge in [-0.1, -0.05) is 212 Å². The lowest BCUT2D eigenvalue weighted by molar-refractivity contribution is -0.125. The molecule has 0 saturated carbocycles. The molecule has 50 heavy (non-hydrogen) atoms. The summed E-state index contributed by atoms with van der Waals surface area (Å²) in [6.07, 6.45) is 47.5. The predicted molar refractivity (Wildman–Crippen MR) is 218 cm³/mol. The molecule has 3 unspecified atom stereocenters. The zero-order valence-corrected chi connectivity index (χ0v) is 33.8. The molecular formula is C45H89NO4. The van der Waals surface area contributed by atoms with Gasteiger partial charge in [-0.05, 0) is 38.5 Å². The van der Waals surface area contributed by atoms with Gasteiger partial charge >= 0.3 is 0 Å². The first-order chi connectivity index (χ1) is 24.5. The Morgan fingerprint density at radius 2 is 0.800 bits per heavy atom. The Balaban J connectivity index is 3.61. The van der Waals surface area contributed by atoms with Gasteiger partial charge in [-0.3, -0.25) is 4.79 Å². The van der Waals surface area contributed by atoms with Crippen molar-refractivity contribution in [3.8, 4) is 0 Å². The number of rotatable bonds is 41. The maximum absolute atomic E-state index is 12.5. The lowest BCUT2D eigenvalue weighted by Crippen LogP contribution is -2.46. The Morgan fingerprint density at radius 1 is 0.480 bits per heavy atom. The van der Waals surface area contributed by atoms with Crippen molar-refractivity contribution in [3.63, 3.8) is 0 Å². The molecular weight excluding hydrogens is 618 g/mol. The smallest absolute Gasteiger partial charge is 0.222 e. The van der Waals surface area contributed by atoms with Gasteiger partial charge in [-0.25, -0.2) is 0 Å². The second-order valence-corrected chi connectivity index (χ2v) is 15.7. The summed E-state index contributed by atoms with van der Waals surface area (Å²) in [7, 11) is 0. The molecule has 0 aromatic rings. The highest BCUT2D eigenvalue weighted by Crippen LogP contribution is 2.16. The topological polar surface area (TPSA) is 89.8 Å². The van der Waals surface area contributed by atoms with Crippen LogP contribution in [0.25, 0.3) is 0 Å². The van der Waals surface area contributed by atoms with Gasteiger partial charge in [0.15, 0.2) is 0 Å². The largest absolute Gasteiger partial charge is 0.394 e. The Morgan fingerprint density at radius 3 is 1.16 bits per heavy atom. The molecule has 0 aromatic carbocycles. The maximum Gasteiger partial charge on any atom is 0.222 e. The molecule has 0 aliphatic rings. The molecule has 5 nitrogen and oxygen atoms in total. The minimum atomic E-state index is -0.748. The SMILES string of the molecule is CCCCCCCCCCC/C=C\CCCCCCCC(O)CC(=O)NC(CO)C(O)CCCCCCCCCCCCCCCCCCC. The van der Waals surface area contributed by atoms with Crippen molar-refractivity contribution in [2.75, 3.05) is 6.61 Å². The molecule has 5 heteroatoms. The van der Waals surface area contributed by atoms with Crippen LogP contribution in [0.3, 0.4) is 0 Å². The molecule has 0 radical (unpaired) electrons. The van der Waals surface area contributed by atoms with Gasteiger partial charge in [0, 0.05) is 0 Å². The van der Waals surface area contributed by atoms with Crippen molar-refractivity contribution in [1.29, 1.82) is 0 Å². The number of aliphatic hydroxyl groups is 3. The van der Waals surface area contributed by atoms with Crippen LogP contribution in [0.5, 0.6) is 0 Å². The highest BCUT2D eigenvalue weighted by molar-refractivity contribution is 5.76. The molecule has 0 heterocycles. The Labute approximate surface area is 312 Å². The Kier molecular flexibility index (Phi) is 40.1. The molecule has 0 aromatic heterocycles. The number of nitrogens with one attached hydrogen (secondary N) is 1. The first-order valence-corrected chi connectivity index (χ1v) is 22.5. The number of carbonyl (C=O) groups excluding carboxylic acids is 1. The molecule has 0 spiro atoms. The number of amides is 1. The molecule has 3 atom stereocenters. The van der Waals surface area contributed by atoms with E-state index >= 15 is 0 Å². The summed E-state index contributed by atoms with van der Waals surface area (Å²) in [5, 5.41) is 33.4.